The Morgan fingerprint density at radius 3 is 1.89 bits per heavy atom. The molecule has 1 saturated carbocycles. The van der Waals surface area contributed by atoms with Crippen LogP contribution in [0.25, 0.3) is 0 Å². The van der Waals surface area contributed by atoms with Crippen molar-refractivity contribution in [1.29, 1.82) is 0 Å². The predicted octanol–water partition coefficient (Wildman–Crippen LogP) is 8.73. The van der Waals surface area contributed by atoms with Crippen LogP contribution in [0.15, 0.2) is 66.7 Å². The summed E-state index contributed by atoms with van der Waals surface area (Å²) in [6.45, 7) is 10.8. The van der Waals surface area contributed by atoms with Gasteiger partial charge in [0.25, 0.3) is 0 Å². The first-order valence-electron chi connectivity index (χ1n) is 13.5. The molecule has 0 atom stereocenters. The molecule has 3 aromatic carbocycles. The number of benzene rings is 3. The fourth-order valence-corrected chi connectivity index (χ4v) is 5.42. The minimum absolute atomic E-state index is 0.0346. The maximum absolute atomic E-state index is 12.6. The van der Waals surface area contributed by atoms with Gasteiger partial charge in [-0.25, -0.2) is 4.79 Å². The smallest absolute Gasteiger partial charge is 0.343 e. The second kappa shape index (κ2) is 10.9. The van der Waals surface area contributed by atoms with E-state index in [1.54, 1.807) is 12.1 Å². The van der Waals surface area contributed by atoms with Gasteiger partial charge in [-0.3, -0.25) is 0 Å². The Hall–Kier alpha value is -3.07. The standard InChI is InChI=1S/C33H40O3/c1-6-32(5,7-2)36-30-19-17-28(23-25(30)4)33(20-12-9-13-21-33)27-16-18-29(24(3)22-27)35-31(34)26-14-10-8-11-15-26/h8,10-11,14-19,22-23H,6-7,9,12-13,20-21H2,1-5H3. The van der Waals surface area contributed by atoms with Gasteiger partial charge in [0.2, 0.25) is 0 Å². The van der Waals surface area contributed by atoms with Crippen LogP contribution in [-0.4, -0.2) is 11.6 Å². The Morgan fingerprint density at radius 1 is 0.806 bits per heavy atom. The molecule has 0 radical (unpaired) electrons. The lowest BCUT2D eigenvalue weighted by Gasteiger charge is -2.39. The Kier molecular flexibility index (Phi) is 7.88. The van der Waals surface area contributed by atoms with Crippen LogP contribution in [0, 0.1) is 13.8 Å². The van der Waals surface area contributed by atoms with Crippen LogP contribution >= 0.6 is 0 Å². The second-order valence-corrected chi connectivity index (χ2v) is 10.6. The fourth-order valence-electron chi connectivity index (χ4n) is 5.42. The van der Waals surface area contributed by atoms with Crippen molar-refractivity contribution < 1.29 is 14.3 Å². The van der Waals surface area contributed by atoms with Gasteiger partial charge < -0.3 is 9.47 Å². The van der Waals surface area contributed by atoms with Crippen LogP contribution < -0.4 is 9.47 Å². The number of carbonyl (C=O) groups is 1. The molecule has 1 fully saturated rings. The molecule has 0 saturated heterocycles. The largest absolute Gasteiger partial charge is 0.487 e. The summed E-state index contributed by atoms with van der Waals surface area (Å²) in [5, 5.41) is 0. The molecule has 190 valence electrons. The Bertz CT molecular complexity index is 1180. The predicted molar refractivity (Wildman–Crippen MR) is 147 cm³/mol. The van der Waals surface area contributed by atoms with Gasteiger partial charge in [-0.1, -0.05) is 75.6 Å². The molecule has 0 unspecified atom stereocenters. The number of esters is 1. The van der Waals surface area contributed by atoms with Crippen LogP contribution in [0.5, 0.6) is 11.5 Å². The lowest BCUT2D eigenvalue weighted by atomic mass is 9.65. The van der Waals surface area contributed by atoms with Crippen LogP contribution in [0.2, 0.25) is 0 Å². The van der Waals surface area contributed by atoms with Crippen molar-refractivity contribution in [3.8, 4) is 11.5 Å². The molecule has 0 aliphatic heterocycles. The first-order chi connectivity index (χ1) is 17.3. The highest BCUT2D eigenvalue weighted by atomic mass is 16.5. The van der Waals surface area contributed by atoms with Crippen LogP contribution in [0.4, 0.5) is 0 Å². The van der Waals surface area contributed by atoms with E-state index in [9.17, 15) is 4.79 Å². The van der Waals surface area contributed by atoms with E-state index in [1.165, 1.54) is 36.0 Å². The maximum Gasteiger partial charge on any atom is 0.343 e. The average molecular weight is 485 g/mol. The molecule has 0 aromatic heterocycles. The third-order valence-corrected chi connectivity index (χ3v) is 8.23. The molecule has 3 aromatic rings. The van der Waals surface area contributed by atoms with Crippen molar-refractivity contribution in [2.75, 3.05) is 0 Å². The number of hydrogen-bond acceptors (Lipinski definition) is 3. The van der Waals surface area contributed by atoms with E-state index in [4.69, 9.17) is 9.47 Å². The molecule has 0 heterocycles. The third-order valence-electron chi connectivity index (χ3n) is 8.23. The molecular weight excluding hydrogens is 444 g/mol. The summed E-state index contributed by atoms with van der Waals surface area (Å²) in [6.07, 6.45) is 7.91. The zero-order chi connectivity index (χ0) is 25.8. The van der Waals surface area contributed by atoms with Crippen molar-refractivity contribution in [2.24, 2.45) is 0 Å². The summed E-state index contributed by atoms with van der Waals surface area (Å²) in [5.41, 5.74) is 5.22. The Labute approximate surface area is 216 Å². The zero-order valence-corrected chi connectivity index (χ0v) is 22.5. The van der Waals surface area contributed by atoms with Crippen molar-refractivity contribution in [2.45, 2.75) is 90.6 Å². The Balaban J connectivity index is 1.65. The minimum Gasteiger partial charge on any atom is -0.487 e. The molecule has 0 amide bonds. The molecule has 0 spiro atoms. The molecule has 1 aliphatic rings. The van der Waals surface area contributed by atoms with E-state index in [-0.39, 0.29) is 17.0 Å². The molecule has 3 nitrogen and oxygen atoms in total. The van der Waals surface area contributed by atoms with E-state index < -0.39 is 0 Å². The van der Waals surface area contributed by atoms with Gasteiger partial charge in [-0.15, -0.1) is 0 Å². The highest BCUT2D eigenvalue weighted by Crippen LogP contribution is 2.46. The Morgan fingerprint density at radius 2 is 1.36 bits per heavy atom. The highest BCUT2D eigenvalue weighted by molar-refractivity contribution is 5.91. The maximum atomic E-state index is 12.6. The topological polar surface area (TPSA) is 35.5 Å². The SMILES string of the molecule is CCC(C)(CC)Oc1ccc(C2(c3ccc(OC(=O)c4ccccc4)c(C)c3)CCCCC2)cc1C. The summed E-state index contributed by atoms with van der Waals surface area (Å²) >= 11 is 0. The average Bonchev–Trinajstić information content (AvgIpc) is 2.91. The van der Waals surface area contributed by atoms with Crippen molar-refractivity contribution in [3.05, 3.63) is 94.5 Å². The molecule has 0 N–H and O–H groups in total. The summed E-state index contributed by atoms with van der Waals surface area (Å²) in [7, 11) is 0. The number of hydrogen-bond donors (Lipinski definition) is 0. The number of rotatable bonds is 8. The quantitative estimate of drug-likeness (QED) is 0.237. The molecular formula is C33H40O3. The number of ether oxygens (including phenoxy) is 2. The van der Waals surface area contributed by atoms with Gasteiger partial charge >= 0.3 is 5.97 Å². The van der Waals surface area contributed by atoms with Gasteiger partial charge in [0.1, 0.15) is 17.1 Å². The van der Waals surface area contributed by atoms with E-state index in [1.807, 2.05) is 31.2 Å². The van der Waals surface area contributed by atoms with E-state index >= 15 is 0 Å². The third kappa shape index (κ3) is 5.36. The lowest BCUT2D eigenvalue weighted by molar-refractivity contribution is 0.0733. The van der Waals surface area contributed by atoms with Crippen molar-refractivity contribution >= 4 is 5.97 Å². The van der Waals surface area contributed by atoms with Gasteiger partial charge in [0, 0.05) is 5.41 Å². The molecule has 36 heavy (non-hydrogen) atoms. The van der Waals surface area contributed by atoms with E-state index in [2.05, 4.69) is 58.0 Å². The molecule has 4 rings (SSSR count). The summed E-state index contributed by atoms with van der Waals surface area (Å²) in [4.78, 5) is 12.6. The van der Waals surface area contributed by atoms with Crippen LogP contribution in [-0.2, 0) is 5.41 Å². The molecule has 1 aliphatic carbocycles. The minimum atomic E-state index is -0.323. The van der Waals surface area contributed by atoms with E-state index in [0.717, 1.165) is 37.0 Å². The van der Waals surface area contributed by atoms with Gasteiger partial charge in [-0.05, 0) is 93.0 Å². The number of aryl methyl sites for hydroxylation is 2. The lowest BCUT2D eigenvalue weighted by Crippen LogP contribution is -2.32. The van der Waals surface area contributed by atoms with Crippen LogP contribution in [0.1, 0.15) is 98.3 Å². The summed E-state index contributed by atoms with van der Waals surface area (Å²) in [6, 6.07) is 22.3. The van der Waals surface area contributed by atoms with Crippen molar-refractivity contribution in [1.82, 2.24) is 0 Å². The molecule has 3 heteroatoms. The van der Waals surface area contributed by atoms with Crippen molar-refractivity contribution in [3.63, 3.8) is 0 Å². The normalized spacial score (nSPS) is 15.4. The van der Waals surface area contributed by atoms with Gasteiger partial charge in [-0.2, -0.15) is 0 Å². The summed E-state index contributed by atoms with van der Waals surface area (Å²) < 4.78 is 12.2. The summed E-state index contributed by atoms with van der Waals surface area (Å²) in [5.74, 6) is 1.28. The molecule has 0 bridgehead atoms. The fraction of sp³-hybridized carbons (Fsp3) is 0.424. The van der Waals surface area contributed by atoms with E-state index in [0.29, 0.717) is 11.3 Å². The first-order valence-corrected chi connectivity index (χ1v) is 13.5. The second-order valence-electron chi connectivity index (χ2n) is 10.6. The van der Waals surface area contributed by atoms with Gasteiger partial charge in [0.15, 0.2) is 0 Å². The van der Waals surface area contributed by atoms with Gasteiger partial charge in [0.05, 0.1) is 5.56 Å². The highest BCUT2D eigenvalue weighted by Gasteiger charge is 2.36. The zero-order valence-electron chi connectivity index (χ0n) is 22.5. The monoisotopic (exact) mass is 484 g/mol. The van der Waals surface area contributed by atoms with Crippen LogP contribution in [0.3, 0.4) is 0 Å². The number of carbonyl (C=O) groups excluding carboxylic acids is 1. The first kappa shape index (κ1) is 26.0.